The molecule has 1 heterocycles. The van der Waals surface area contributed by atoms with Crippen LogP contribution in [0.15, 0.2) is 72.8 Å². The number of hydrogen-bond donors (Lipinski definition) is 1. The van der Waals surface area contributed by atoms with Crippen molar-refractivity contribution in [2.45, 2.75) is 13.5 Å². The predicted molar refractivity (Wildman–Crippen MR) is 100 cm³/mol. The second-order valence-corrected chi connectivity index (χ2v) is 5.75. The number of nitrogens with zero attached hydrogens (tertiary/aromatic N) is 1. The van der Waals surface area contributed by atoms with E-state index in [1.165, 1.54) is 0 Å². The number of rotatable bonds is 7. The molecular formula is C21H20N2O3. The van der Waals surface area contributed by atoms with Crippen molar-refractivity contribution in [1.29, 1.82) is 0 Å². The van der Waals surface area contributed by atoms with Gasteiger partial charge in [0, 0.05) is 5.69 Å². The van der Waals surface area contributed by atoms with Gasteiger partial charge >= 0.3 is 0 Å². The lowest BCUT2D eigenvalue weighted by molar-refractivity contribution is -0.118. The lowest BCUT2D eigenvalue weighted by atomic mass is 10.2. The molecule has 0 aliphatic rings. The predicted octanol–water partition coefficient (Wildman–Crippen LogP) is 3.99. The lowest BCUT2D eigenvalue weighted by Gasteiger charge is -2.09. The van der Waals surface area contributed by atoms with Crippen LogP contribution >= 0.6 is 0 Å². The van der Waals surface area contributed by atoms with Crippen LogP contribution in [0, 0.1) is 6.92 Å². The van der Waals surface area contributed by atoms with Crippen LogP contribution in [-0.4, -0.2) is 17.5 Å². The Morgan fingerprint density at radius 3 is 2.27 bits per heavy atom. The summed E-state index contributed by atoms with van der Waals surface area (Å²) in [6, 6.07) is 22.6. The minimum Gasteiger partial charge on any atom is -0.489 e. The molecule has 1 amide bonds. The Bertz CT molecular complexity index is 849. The number of carbonyl (C=O) groups is 1. The Hall–Kier alpha value is -3.34. The first kappa shape index (κ1) is 17.5. The van der Waals surface area contributed by atoms with Crippen LogP contribution in [0.25, 0.3) is 0 Å². The topological polar surface area (TPSA) is 60.5 Å². The quantitative estimate of drug-likeness (QED) is 0.701. The standard InChI is InChI=1S/C21H20N2O3/c1-16-6-5-9-20(22-16)23-21(24)15-26-19-12-10-18(11-13-19)25-14-17-7-3-2-4-8-17/h2-13H,14-15H2,1H3,(H,22,23,24). The average molecular weight is 348 g/mol. The molecule has 0 atom stereocenters. The van der Waals surface area contributed by atoms with E-state index in [9.17, 15) is 4.79 Å². The molecule has 0 unspecified atom stereocenters. The Kier molecular flexibility index (Phi) is 5.83. The third-order valence-electron chi connectivity index (χ3n) is 3.60. The summed E-state index contributed by atoms with van der Waals surface area (Å²) in [6.07, 6.45) is 0. The van der Waals surface area contributed by atoms with E-state index in [0.29, 0.717) is 18.2 Å². The molecule has 0 saturated heterocycles. The van der Waals surface area contributed by atoms with Gasteiger partial charge in [-0.3, -0.25) is 4.79 Å². The van der Waals surface area contributed by atoms with Crippen LogP contribution in [0.5, 0.6) is 11.5 Å². The van der Waals surface area contributed by atoms with Crippen molar-refractivity contribution in [2.75, 3.05) is 11.9 Å². The number of aromatic nitrogens is 1. The van der Waals surface area contributed by atoms with E-state index in [1.807, 2.05) is 61.5 Å². The van der Waals surface area contributed by atoms with Gasteiger partial charge in [-0.05, 0) is 48.9 Å². The number of benzene rings is 2. The largest absolute Gasteiger partial charge is 0.489 e. The molecule has 2 aromatic carbocycles. The molecule has 0 fully saturated rings. The summed E-state index contributed by atoms with van der Waals surface area (Å²) in [5.41, 5.74) is 1.95. The fourth-order valence-corrected chi connectivity index (χ4v) is 2.31. The third kappa shape index (κ3) is 5.34. The van der Waals surface area contributed by atoms with E-state index >= 15 is 0 Å². The summed E-state index contributed by atoms with van der Waals surface area (Å²) in [6.45, 7) is 2.29. The number of carbonyl (C=O) groups excluding carboxylic acids is 1. The van der Waals surface area contributed by atoms with Crippen molar-refractivity contribution >= 4 is 11.7 Å². The van der Waals surface area contributed by atoms with Crippen LogP contribution in [-0.2, 0) is 11.4 Å². The van der Waals surface area contributed by atoms with Gasteiger partial charge in [-0.15, -0.1) is 0 Å². The maximum atomic E-state index is 11.9. The molecule has 0 spiro atoms. The van der Waals surface area contributed by atoms with Crippen molar-refractivity contribution in [3.05, 3.63) is 84.1 Å². The third-order valence-corrected chi connectivity index (χ3v) is 3.60. The number of pyridine rings is 1. The van der Waals surface area contributed by atoms with Crippen LogP contribution < -0.4 is 14.8 Å². The van der Waals surface area contributed by atoms with E-state index in [1.54, 1.807) is 18.2 Å². The Labute approximate surface area is 152 Å². The van der Waals surface area contributed by atoms with E-state index in [0.717, 1.165) is 17.0 Å². The highest BCUT2D eigenvalue weighted by molar-refractivity contribution is 5.90. The first-order valence-corrected chi connectivity index (χ1v) is 8.32. The molecule has 5 nitrogen and oxygen atoms in total. The molecule has 1 aromatic heterocycles. The van der Waals surface area contributed by atoms with Gasteiger partial charge in [0.1, 0.15) is 23.9 Å². The first-order chi connectivity index (χ1) is 12.7. The zero-order valence-electron chi connectivity index (χ0n) is 14.5. The molecule has 0 bridgehead atoms. The van der Waals surface area contributed by atoms with Crippen LogP contribution in [0.2, 0.25) is 0 Å². The van der Waals surface area contributed by atoms with E-state index in [-0.39, 0.29) is 12.5 Å². The summed E-state index contributed by atoms with van der Waals surface area (Å²) >= 11 is 0. The smallest absolute Gasteiger partial charge is 0.263 e. The van der Waals surface area contributed by atoms with Gasteiger partial charge in [-0.25, -0.2) is 4.98 Å². The molecule has 0 aliphatic heterocycles. The number of anilines is 1. The van der Waals surface area contributed by atoms with Gasteiger partial charge < -0.3 is 14.8 Å². The molecule has 0 aliphatic carbocycles. The van der Waals surface area contributed by atoms with Gasteiger partial charge in [-0.2, -0.15) is 0 Å². The highest BCUT2D eigenvalue weighted by atomic mass is 16.5. The monoisotopic (exact) mass is 348 g/mol. The van der Waals surface area contributed by atoms with Gasteiger partial charge in [0.05, 0.1) is 0 Å². The Morgan fingerprint density at radius 1 is 0.885 bits per heavy atom. The summed E-state index contributed by atoms with van der Waals surface area (Å²) in [7, 11) is 0. The van der Waals surface area contributed by atoms with Gasteiger partial charge in [0.2, 0.25) is 0 Å². The molecule has 3 aromatic rings. The van der Waals surface area contributed by atoms with Crippen LogP contribution in [0.1, 0.15) is 11.3 Å². The molecule has 0 radical (unpaired) electrons. The van der Waals surface area contributed by atoms with Gasteiger partial charge in [0.15, 0.2) is 6.61 Å². The highest BCUT2D eigenvalue weighted by Gasteiger charge is 2.05. The maximum absolute atomic E-state index is 11.9. The van der Waals surface area contributed by atoms with Gasteiger partial charge in [0.25, 0.3) is 5.91 Å². The number of ether oxygens (including phenoxy) is 2. The molecule has 5 heteroatoms. The fraction of sp³-hybridized carbons (Fsp3) is 0.143. The maximum Gasteiger partial charge on any atom is 0.263 e. The average Bonchev–Trinajstić information content (AvgIpc) is 2.66. The molecule has 26 heavy (non-hydrogen) atoms. The summed E-state index contributed by atoms with van der Waals surface area (Å²) in [5.74, 6) is 1.61. The van der Waals surface area contributed by atoms with Crippen molar-refractivity contribution in [1.82, 2.24) is 4.98 Å². The molecule has 1 N–H and O–H groups in total. The highest BCUT2D eigenvalue weighted by Crippen LogP contribution is 2.18. The first-order valence-electron chi connectivity index (χ1n) is 8.32. The second kappa shape index (κ2) is 8.67. The van der Waals surface area contributed by atoms with Crippen molar-refractivity contribution in [2.24, 2.45) is 0 Å². The number of nitrogens with one attached hydrogen (secondary N) is 1. The van der Waals surface area contributed by atoms with Crippen LogP contribution in [0.4, 0.5) is 5.82 Å². The fourth-order valence-electron chi connectivity index (χ4n) is 2.31. The molecule has 132 valence electrons. The van der Waals surface area contributed by atoms with Crippen molar-refractivity contribution in [3.8, 4) is 11.5 Å². The molecule has 3 rings (SSSR count). The zero-order chi connectivity index (χ0) is 18.2. The van der Waals surface area contributed by atoms with Crippen LogP contribution in [0.3, 0.4) is 0 Å². The summed E-state index contributed by atoms with van der Waals surface area (Å²) in [4.78, 5) is 16.1. The Balaban J connectivity index is 1.46. The van der Waals surface area contributed by atoms with Gasteiger partial charge in [-0.1, -0.05) is 36.4 Å². The molecule has 0 saturated carbocycles. The summed E-state index contributed by atoms with van der Waals surface area (Å²) < 4.78 is 11.2. The lowest BCUT2D eigenvalue weighted by Crippen LogP contribution is -2.20. The van der Waals surface area contributed by atoms with E-state index in [2.05, 4.69) is 10.3 Å². The number of hydrogen-bond acceptors (Lipinski definition) is 4. The minimum absolute atomic E-state index is 0.0835. The number of amides is 1. The second-order valence-electron chi connectivity index (χ2n) is 5.75. The molecular weight excluding hydrogens is 328 g/mol. The zero-order valence-corrected chi connectivity index (χ0v) is 14.5. The SMILES string of the molecule is Cc1cccc(NC(=O)COc2ccc(OCc3ccccc3)cc2)n1. The Morgan fingerprint density at radius 2 is 1.58 bits per heavy atom. The van der Waals surface area contributed by atoms with E-state index in [4.69, 9.17) is 9.47 Å². The normalized spacial score (nSPS) is 10.2. The number of aryl methyl sites for hydroxylation is 1. The minimum atomic E-state index is -0.257. The van der Waals surface area contributed by atoms with E-state index < -0.39 is 0 Å². The van der Waals surface area contributed by atoms with Crippen molar-refractivity contribution in [3.63, 3.8) is 0 Å². The van der Waals surface area contributed by atoms with Crippen molar-refractivity contribution < 1.29 is 14.3 Å². The summed E-state index contributed by atoms with van der Waals surface area (Å²) in [5, 5.41) is 2.70.